The topological polar surface area (TPSA) is 106 Å². The van der Waals surface area contributed by atoms with Crippen LogP contribution < -0.4 is 15.5 Å². The monoisotopic (exact) mass is 419 g/mol. The van der Waals surface area contributed by atoms with E-state index in [0.717, 1.165) is 23.7 Å². The number of hydrogen-bond acceptors (Lipinski definition) is 4. The van der Waals surface area contributed by atoms with E-state index < -0.39 is 16.9 Å². The third kappa shape index (κ3) is 6.27. The Morgan fingerprint density at radius 3 is 2.45 bits per heavy atom. The maximum atomic E-state index is 12.4. The van der Waals surface area contributed by atoms with Gasteiger partial charge in [0.1, 0.15) is 17.6 Å². The highest BCUT2D eigenvalue weighted by Gasteiger charge is 2.20. The molecule has 2 rings (SSSR count). The number of amides is 2. The zero-order valence-corrected chi connectivity index (χ0v) is 17.2. The molecule has 0 saturated carbocycles. The summed E-state index contributed by atoms with van der Waals surface area (Å²) in [5.41, 5.74) is 1.84. The van der Waals surface area contributed by atoms with Crippen molar-refractivity contribution in [3.8, 4) is 0 Å². The van der Waals surface area contributed by atoms with Gasteiger partial charge in [-0.2, -0.15) is 0 Å². The molecule has 2 aromatic carbocycles. The standard InChI is InChI=1S/C20H23ClN4O4/c1-13(23-20(27)14-8-9-17(21)18(10-14)25(28)29)19(26)22-11-15-6-4-5-7-16(15)12-24(2)3/h4-10,13H,11-12H2,1-3H3,(H,22,26)(H,23,27)/p+1/t13-/m0/s1. The van der Waals surface area contributed by atoms with Gasteiger partial charge in [-0.1, -0.05) is 35.9 Å². The number of nitro groups is 1. The Hall–Kier alpha value is -2.97. The van der Waals surface area contributed by atoms with E-state index in [4.69, 9.17) is 11.6 Å². The highest BCUT2D eigenvalue weighted by molar-refractivity contribution is 6.32. The molecule has 154 valence electrons. The molecule has 2 aromatic rings. The summed E-state index contributed by atoms with van der Waals surface area (Å²) in [5, 5.41) is 16.3. The first-order chi connectivity index (χ1) is 13.7. The van der Waals surface area contributed by atoms with Crippen LogP contribution in [0.4, 0.5) is 5.69 Å². The number of nitrogens with one attached hydrogen (secondary N) is 3. The fraction of sp³-hybridized carbons (Fsp3) is 0.300. The maximum absolute atomic E-state index is 12.4. The molecular weight excluding hydrogens is 396 g/mol. The van der Waals surface area contributed by atoms with Crippen molar-refractivity contribution >= 4 is 29.1 Å². The van der Waals surface area contributed by atoms with Crippen molar-refractivity contribution < 1.29 is 19.4 Å². The van der Waals surface area contributed by atoms with Gasteiger partial charge in [-0.3, -0.25) is 19.7 Å². The molecule has 8 nitrogen and oxygen atoms in total. The van der Waals surface area contributed by atoms with Crippen molar-refractivity contribution in [2.24, 2.45) is 0 Å². The first-order valence-corrected chi connectivity index (χ1v) is 9.45. The molecule has 0 fully saturated rings. The van der Waals surface area contributed by atoms with Gasteiger partial charge >= 0.3 is 0 Å². The number of hydrogen-bond donors (Lipinski definition) is 3. The van der Waals surface area contributed by atoms with Crippen LogP contribution in [0.25, 0.3) is 0 Å². The van der Waals surface area contributed by atoms with Crippen LogP contribution in [0.2, 0.25) is 5.02 Å². The Balaban J connectivity index is 1.98. The highest BCUT2D eigenvalue weighted by Crippen LogP contribution is 2.25. The SMILES string of the molecule is C[C@H](NC(=O)c1ccc(Cl)c([N+](=O)[O-])c1)C(=O)NCc1ccccc1C[NH+](C)C. The summed E-state index contributed by atoms with van der Waals surface area (Å²) in [6.07, 6.45) is 0. The molecule has 2 amide bonds. The predicted octanol–water partition coefficient (Wildman–Crippen LogP) is 1.33. The Bertz CT molecular complexity index is 917. The molecule has 1 atom stereocenters. The number of carbonyl (C=O) groups excluding carboxylic acids is 2. The van der Waals surface area contributed by atoms with Gasteiger partial charge < -0.3 is 15.5 Å². The lowest BCUT2D eigenvalue weighted by Gasteiger charge is -2.16. The molecule has 0 aliphatic rings. The van der Waals surface area contributed by atoms with Crippen LogP contribution in [-0.4, -0.2) is 36.9 Å². The maximum Gasteiger partial charge on any atom is 0.288 e. The first-order valence-electron chi connectivity index (χ1n) is 9.07. The summed E-state index contributed by atoms with van der Waals surface area (Å²) >= 11 is 5.76. The van der Waals surface area contributed by atoms with E-state index >= 15 is 0 Å². The molecule has 0 radical (unpaired) electrons. The second-order valence-corrected chi connectivity index (χ2v) is 7.40. The molecule has 3 N–H and O–H groups in total. The van der Waals surface area contributed by atoms with E-state index in [1.165, 1.54) is 17.0 Å². The van der Waals surface area contributed by atoms with Gasteiger partial charge in [-0.25, -0.2) is 0 Å². The predicted molar refractivity (Wildman–Crippen MR) is 110 cm³/mol. The van der Waals surface area contributed by atoms with Crippen molar-refractivity contribution in [1.82, 2.24) is 10.6 Å². The van der Waals surface area contributed by atoms with Crippen LogP contribution in [0.15, 0.2) is 42.5 Å². The second-order valence-electron chi connectivity index (χ2n) is 6.99. The molecule has 0 saturated heterocycles. The van der Waals surface area contributed by atoms with Gasteiger partial charge in [0.25, 0.3) is 11.6 Å². The minimum absolute atomic E-state index is 0.0556. The Kier molecular flexibility index (Phi) is 7.69. The van der Waals surface area contributed by atoms with Gasteiger partial charge in [0.15, 0.2) is 0 Å². The van der Waals surface area contributed by atoms with Crippen molar-refractivity contribution in [1.29, 1.82) is 0 Å². The number of benzene rings is 2. The molecule has 0 aliphatic heterocycles. The molecule has 0 unspecified atom stereocenters. The van der Waals surface area contributed by atoms with E-state index in [9.17, 15) is 19.7 Å². The lowest BCUT2D eigenvalue weighted by molar-refractivity contribution is -0.872. The van der Waals surface area contributed by atoms with Crippen LogP contribution in [0.3, 0.4) is 0 Å². The molecule has 9 heteroatoms. The molecule has 0 heterocycles. The van der Waals surface area contributed by atoms with Crippen molar-refractivity contribution in [3.05, 3.63) is 74.3 Å². The highest BCUT2D eigenvalue weighted by atomic mass is 35.5. The summed E-state index contributed by atoms with van der Waals surface area (Å²) in [6.45, 7) is 2.72. The third-order valence-electron chi connectivity index (χ3n) is 4.26. The lowest BCUT2D eigenvalue weighted by atomic mass is 10.1. The number of nitrogens with zero attached hydrogens (tertiary/aromatic N) is 1. The fourth-order valence-electron chi connectivity index (χ4n) is 2.76. The molecule has 0 bridgehead atoms. The van der Waals surface area contributed by atoms with Crippen molar-refractivity contribution in [2.45, 2.75) is 26.1 Å². The smallest absolute Gasteiger partial charge is 0.288 e. The van der Waals surface area contributed by atoms with Gasteiger partial charge in [0.2, 0.25) is 5.91 Å². The number of halogens is 1. The first kappa shape index (κ1) is 22.3. The van der Waals surface area contributed by atoms with E-state index in [2.05, 4.69) is 10.6 Å². The lowest BCUT2D eigenvalue weighted by Crippen LogP contribution is -3.04. The molecule has 0 aliphatic carbocycles. The van der Waals surface area contributed by atoms with Crippen LogP contribution in [0.5, 0.6) is 0 Å². The minimum atomic E-state index is -0.816. The van der Waals surface area contributed by atoms with Crippen molar-refractivity contribution in [2.75, 3.05) is 14.1 Å². The Labute approximate surface area is 174 Å². The summed E-state index contributed by atoms with van der Waals surface area (Å²) in [5.74, 6) is -0.946. The quantitative estimate of drug-likeness (QED) is 0.443. The van der Waals surface area contributed by atoms with Crippen molar-refractivity contribution in [3.63, 3.8) is 0 Å². The van der Waals surface area contributed by atoms with Gasteiger partial charge in [-0.05, 0) is 24.6 Å². The number of rotatable bonds is 8. The van der Waals surface area contributed by atoms with Gasteiger partial charge in [0.05, 0.1) is 19.0 Å². The number of carbonyl (C=O) groups is 2. The fourth-order valence-corrected chi connectivity index (χ4v) is 2.94. The van der Waals surface area contributed by atoms with E-state index in [1.807, 2.05) is 38.4 Å². The Morgan fingerprint density at radius 2 is 1.83 bits per heavy atom. The van der Waals surface area contributed by atoms with E-state index in [0.29, 0.717) is 6.54 Å². The minimum Gasteiger partial charge on any atom is -0.350 e. The van der Waals surface area contributed by atoms with Crippen LogP contribution >= 0.6 is 11.6 Å². The molecule has 29 heavy (non-hydrogen) atoms. The zero-order chi connectivity index (χ0) is 21.6. The van der Waals surface area contributed by atoms with Crippen LogP contribution in [0.1, 0.15) is 28.4 Å². The molecular formula is C20H24ClN4O4+. The average Bonchev–Trinajstić information content (AvgIpc) is 2.66. The Morgan fingerprint density at radius 1 is 1.17 bits per heavy atom. The number of quaternary nitrogens is 1. The van der Waals surface area contributed by atoms with Gasteiger partial charge in [0, 0.05) is 23.7 Å². The summed E-state index contributed by atoms with van der Waals surface area (Å²) in [6, 6.07) is 10.8. The van der Waals surface area contributed by atoms with Crippen LogP contribution in [-0.2, 0) is 17.9 Å². The zero-order valence-electron chi connectivity index (χ0n) is 16.5. The number of nitro benzene ring substituents is 1. The van der Waals surface area contributed by atoms with E-state index in [-0.39, 0.29) is 22.2 Å². The van der Waals surface area contributed by atoms with Gasteiger partial charge in [-0.15, -0.1) is 0 Å². The summed E-state index contributed by atoms with van der Waals surface area (Å²) < 4.78 is 0. The average molecular weight is 420 g/mol. The van der Waals surface area contributed by atoms with Crippen LogP contribution in [0, 0.1) is 10.1 Å². The molecule has 0 aromatic heterocycles. The third-order valence-corrected chi connectivity index (χ3v) is 4.58. The summed E-state index contributed by atoms with van der Waals surface area (Å²) in [4.78, 5) is 36.3. The second kappa shape index (κ2) is 9.99. The van der Waals surface area contributed by atoms with E-state index in [1.54, 1.807) is 6.92 Å². The molecule has 0 spiro atoms. The normalized spacial score (nSPS) is 11.8. The summed E-state index contributed by atoms with van der Waals surface area (Å²) in [7, 11) is 4.10. The largest absolute Gasteiger partial charge is 0.350 e.